The van der Waals surface area contributed by atoms with Gasteiger partial charge in [0.05, 0.1) is 11.0 Å². The van der Waals surface area contributed by atoms with E-state index >= 15 is 0 Å². The maximum atomic E-state index is 11.0. The average Bonchev–Trinajstić information content (AvgIpc) is 2.54. The Hall–Kier alpha value is -1.81. The van der Waals surface area contributed by atoms with Gasteiger partial charge in [-0.15, -0.1) is 0 Å². The first-order valence-electron chi connectivity index (χ1n) is 4.38. The highest BCUT2D eigenvalue weighted by molar-refractivity contribution is 5.77. The van der Waals surface area contributed by atoms with E-state index in [0.717, 1.165) is 16.6 Å². The summed E-state index contributed by atoms with van der Waals surface area (Å²) < 4.78 is 0. The number of imidazole rings is 1. The molecule has 72 valence electrons. The number of nitrogens with one attached hydrogen (secondary N) is 2. The Morgan fingerprint density at radius 3 is 2.86 bits per heavy atom. The van der Waals surface area contributed by atoms with Gasteiger partial charge < -0.3 is 15.7 Å². The summed E-state index contributed by atoms with van der Waals surface area (Å²) in [7, 11) is 0. The van der Waals surface area contributed by atoms with Gasteiger partial charge in [0, 0.05) is 6.54 Å². The van der Waals surface area contributed by atoms with Crippen molar-refractivity contribution in [1.82, 2.24) is 9.97 Å². The van der Waals surface area contributed by atoms with Gasteiger partial charge in [-0.05, 0) is 17.7 Å². The third-order valence-corrected chi connectivity index (χ3v) is 1.99. The molecule has 1 heterocycles. The molecule has 0 spiro atoms. The van der Waals surface area contributed by atoms with Crippen LogP contribution in [0.5, 0.6) is 0 Å². The highest BCUT2D eigenvalue weighted by atomic mass is 16.1. The summed E-state index contributed by atoms with van der Waals surface area (Å²) in [6.45, 7) is 0.516. The monoisotopic (exact) mass is 189 g/mol. The first-order chi connectivity index (χ1) is 6.79. The molecule has 2 aromatic rings. The zero-order valence-corrected chi connectivity index (χ0v) is 7.58. The van der Waals surface area contributed by atoms with Gasteiger partial charge in [0.15, 0.2) is 0 Å². The molecule has 0 aliphatic rings. The molecule has 1 aromatic carbocycles. The Kier molecular flexibility index (Phi) is 2.20. The van der Waals surface area contributed by atoms with Crippen LogP contribution in [0.4, 0.5) is 0 Å². The van der Waals surface area contributed by atoms with Gasteiger partial charge in [0.2, 0.25) is 0 Å². The van der Waals surface area contributed by atoms with Gasteiger partial charge in [-0.2, -0.15) is 0 Å². The summed E-state index contributed by atoms with van der Waals surface area (Å²) in [5, 5.41) is 0. The van der Waals surface area contributed by atoms with Crippen LogP contribution in [-0.4, -0.2) is 16.5 Å². The molecule has 0 aliphatic heterocycles. The molecule has 0 saturated heterocycles. The third-order valence-electron chi connectivity index (χ3n) is 1.99. The van der Waals surface area contributed by atoms with E-state index in [1.807, 2.05) is 30.4 Å². The number of H-pyrrole nitrogens is 2. The molecular formula is C10H11N3O. The zero-order chi connectivity index (χ0) is 9.97. The van der Waals surface area contributed by atoms with Crippen molar-refractivity contribution in [1.29, 1.82) is 0 Å². The molecule has 0 aliphatic carbocycles. The average molecular weight is 189 g/mol. The number of fused-ring (bicyclic) bond motifs is 1. The predicted molar refractivity (Wildman–Crippen MR) is 57.0 cm³/mol. The van der Waals surface area contributed by atoms with Crippen LogP contribution in [-0.2, 0) is 0 Å². The minimum absolute atomic E-state index is 0.181. The lowest BCUT2D eigenvalue weighted by Gasteiger charge is -1.92. The Morgan fingerprint density at radius 1 is 1.29 bits per heavy atom. The van der Waals surface area contributed by atoms with Crippen LogP contribution in [0.1, 0.15) is 5.56 Å². The topological polar surface area (TPSA) is 74.7 Å². The fourth-order valence-corrected chi connectivity index (χ4v) is 1.36. The SMILES string of the molecule is NCC=Cc1ccc2[nH]c(=O)[nH]c2c1. The molecule has 4 heteroatoms. The lowest BCUT2D eigenvalue weighted by atomic mass is 10.2. The smallest absolute Gasteiger partial charge is 0.323 e. The van der Waals surface area contributed by atoms with Crippen LogP contribution in [0.2, 0.25) is 0 Å². The largest absolute Gasteiger partial charge is 0.327 e. The minimum Gasteiger partial charge on any atom is -0.327 e. The highest BCUT2D eigenvalue weighted by Crippen LogP contribution is 2.10. The second kappa shape index (κ2) is 3.51. The van der Waals surface area contributed by atoms with Crippen molar-refractivity contribution in [2.24, 2.45) is 5.73 Å². The van der Waals surface area contributed by atoms with Gasteiger partial charge in [-0.3, -0.25) is 0 Å². The number of rotatable bonds is 2. The van der Waals surface area contributed by atoms with Gasteiger partial charge in [-0.25, -0.2) is 4.79 Å². The first kappa shape index (κ1) is 8.77. The second-order valence-corrected chi connectivity index (χ2v) is 3.02. The molecular weight excluding hydrogens is 178 g/mol. The third kappa shape index (κ3) is 1.60. The fraction of sp³-hybridized carbons (Fsp3) is 0.100. The van der Waals surface area contributed by atoms with Gasteiger partial charge in [-0.1, -0.05) is 18.2 Å². The van der Waals surface area contributed by atoms with Gasteiger partial charge >= 0.3 is 5.69 Å². The number of hydrogen-bond acceptors (Lipinski definition) is 2. The molecule has 0 unspecified atom stereocenters. The van der Waals surface area contributed by atoms with Crippen LogP contribution < -0.4 is 11.4 Å². The van der Waals surface area contributed by atoms with Crippen molar-refractivity contribution in [3.05, 3.63) is 40.3 Å². The molecule has 2 rings (SSSR count). The molecule has 14 heavy (non-hydrogen) atoms. The molecule has 4 N–H and O–H groups in total. The standard InChI is InChI=1S/C10H11N3O/c11-5-1-2-7-3-4-8-9(6-7)13-10(14)12-8/h1-4,6H,5,11H2,(H2,12,13,14). The second-order valence-electron chi connectivity index (χ2n) is 3.02. The Bertz CT molecular complexity index is 521. The maximum Gasteiger partial charge on any atom is 0.323 e. The van der Waals surface area contributed by atoms with E-state index in [1.165, 1.54) is 0 Å². The molecule has 0 atom stereocenters. The van der Waals surface area contributed by atoms with E-state index in [-0.39, 0.29) is 5.69 Å². The minimum atomic E-state index is -0.181. The lowest BCUT2D eigenvalue weighted by molar-refractivity contribution is 1.21. The number of aromatic nitrogens is 2. The Balaban J connectivity index is 2.50. The van der Waals surface area contributed by atoms with E-state index in [4.69, 9.17) is 5.73 Å². The van der Waals surface area contributed by atoms with Crippen LogP contribution in [0.3, 0.4) is 0 Å². The van der Waals surface area contributed by atoms with Crippen LogP contribution in [0.15, 0.2) is 29.1 Å². The Morgan fingerprint density at radius 2 is 2.07 bits per heavy atom. The molecule has 0 amide bonds. The predicted octanol–water partition coefficient (Wildman–Crippen LogP) is 0.828. The van der Waals surface area contributed by atoms with E-state index < -0.39 is 0 Å². The maximum absolute atomic E-state index is 11.0. The normalized spacial score (nSPS) is 11.5. The van der Waals surface area contributed by atoms with E-state index in [2.05, 4.69) is 9.97 Å². The highest BCUT2D eigenvalue weighted by Gasteiger charge is 1.96. The quantitative estimate of drug-likeness (QED) is 0.654. The summed E-state index contributed by atoms with van der Waals surface area (Å²) >= 11 is 0. The van der Waals surface area contributed by atoms with Crippen LogP contribution >= 0.6 is 0 Å². The molecule has 0 radical (unpaired) electrons. The van der Waals surface area contributed by atoms with E-state index in [1.54, 1.807) is 0 Å². The molecule has 0 saturated carbocycles. The van der Waals surface area contributed by atoms with E-state index in [0.29, 0.717) is 6.54 Å². The number of benzene rings is 1. The Labute approximate surface area is 80.4 Å². The molecule has 1 aromatic heterocycles. The van der Waals surface area contributed by atoms with Crippen LogP contribution in [0.25, 0.3) is 17.1 Å². The summed E-state index contributed by atoms with van der Waals surface area (Å²) in [5.41, 5.74) is 7.82. The van der Waals surface area contributed by atoms with Crippen molar-refractivity contribution in [2.45, 2.75) is 0 Å². The summed E-state index contributed by atoms with van der Waals surface area (Å²) in [6.07, 6.45) is 3.79. The number of aromatic amines is 2. The zero-order valence-electron chi connectivity index (χ0n) is 7.58. The molecule has 4 nitrogen and oxygen atoms in total. The summed E-state index contributed by atoms with van der Waals surface area (Å²) in [6, 6.07) is 5.70. The van der Waals surface area contributed by atoms with Crippen molar-refractivity contribution >= 4 is 17.1 Å². The number of nitrogens with two attached hydrogens (primary N) is 1. The lowest BCUT2D eigenvalue weighted by Crippen LogP contribution is -1.99. The van der Waals surface area contributed by atoms with Crippen molar-refractivity contribution in [2.75, 3.05) is 6.54 Å². The first-order valence-corrected chi connectivity index (χ1v) is 4.38. The summed E-state index contributed by atoms with van der Waals surface area (Å²) in [4.78, 5) is 16.3. The van der Waals surface area contributed by atoms with Crippen molar-refractivity contribution < 1.29 is 0 Å². The molecule has 0 bridgehead atoms. The van der Waals surface area contributed by atoms with Crippen molar-refractivity contribution in [3.63, 3.8) is 0 Å². The fourth-order valence-electron chi connectivity index (χ4n) is 1.36. The molecule has 0 fully saturated rings. The van der Waals surface area contributed by atoms with Crippen LogP contribution in [0, 0.1) is 0 Å². The van der Waals surface area contributed by atoms with E-state index in [9.17, 15) is 4.79 Å². The number of hydrogen-bond donors (Lipinski definition) is 3. The van der Waals surface area contributed by atoms with Crippen molar-refractivity contribution in [3.8, 4) is 0 Å². The van der Waals surface area contributed by atoms with Gasteiger partial charge in [0.25, 0.3) is 0 Å². The van der Waals surface area contributed by atoms with Gasteiger partial charge in [0.1, 0.15) is 0 Å². The summed E-state index contributed by atoms with van der Waals surface area (Å²) in [5.74, 6) is 0.